The Balaban J connectivity index is 2.34. The molecule has 0 saturated carbocycles. The lowest BCUT2D eigenvalue weighted by Crippen LogP contribution is -2.31. The van der Waals surface area contributed by atoms with Gasteiger partial charge in [0, 0.05) is 17.4 Å². The molecule has 0 unspecified atom stereocenters. The lowest BCUT2D eigenvalue weighted by atomic mass is 9.87. The van der Waals surface area contributed by atoms with Crippen LogP contribution in [0.15, 0.2) is 34.9 Å². The van der Waals surface area contributed by atoms with E-state index in [2.05, 4.69) is 16.1 Å². The number of thioether (sulfide) groups is 1. The molecule has 22 heavy (non-hydrogen) atoms. The highest BCUT2D eigenvalue weighted by Crippen LogP contribution is 2.36. The zero-order valence-electron chi connectivity index (χ0n) is 11.8. The lowest BCUT2D eigenvalue weighted by molar-refractivity contribution is -0.137. The molecule has 1 aromatic rings. The molecule has 114 valence electrons. The molecule has 1 aliphatic rings. The zero-order valence-corrected chi connectivity index (χ0v) is 13.3. The average molecular weight is 337 g/mol. The van der Waals surface area contributed by atoms with Crippen molar-refractivity contribution in [3.63, 3.8) is 0 Å². The number of hydrogen-bond donors (Lipinski definition) is 1. The molecule has 0 saturated heterocycles. The molecular formula is C15H13ClN2O3S. The normalized spacial score (nSPS) is 17.7. The molecule has 0 spiro atoms. The largest absolute Gasteiger partial charge is 0.468 e. The fourth-order valence-corrected chi connectivity index (χ4v) is 3.24. The van der Waals surface area contributed by atoms with E-state index in [0.717, 1.165) is 17.3 Å². The predicted octanol–water partition coefficient (Wildman–Crippen LogP) is 2.58. The van der Waals surface area contributed by atoms with E-state index in [-0.39, 0.29) is 24.0 Å². The summed E-state index contributed by atoms with van der Waals surface area (Å²) in [4.78, 5) is 23.1. The number of carbonyl (C=O) groups is 2. The van der Waals surface area contributed by atoms with Crippen LogP contribution in [0.1, 0.15) is 17.9 Å². The van der Waals surface area contributed by atoms with Crippen molar-refractivity contribution in [3.05, 3.63) is 45.5 Å². The van der Waals surface area contributed by atoms with Gasteiger partial charge in [-0.05, 0) is 17.7 Å². The number of esters is 1. The molecular weight excluding hydrogens is 324 g/mol. The Morgan fingerprint density at radius 2 is 2.36 bits per heavy atom. The molecule has 1 atom stereocenters. The molecule has 0 fully saturated rings. The van der Waals surface area contributed by atoms with Crippen molar-refractivity contribution in [1.82, 2.24) is 5.32 Å². The monoisotopic (exact) mass is 336 g/mol. The topological polar surface area (TPSA) is 79.2 Å². The van der Waals surface area contributed by atoms with Gasteiger partial charge in [-0.1, -0.05) is 35.5 Å². The molecule has 0 bridgehead atoms. The maximum atomic E-state index is 11.9. The first kappa shape index (κ1) is 16.4. The SMILES string of the molecule is COC(=O)CSC1=C(C#N)[C@@H](c2cccc(Cl)c2)CC(=O)N1. The van der Waals surface area contributed by atoms with Crippen molar-refractivity contribution in [2.45, 2.75) is 12.3 Å². The molecule has 0 radical (unpaired) electrons. The van der Waals surface area contributed by atoms with Gasteiger partial charge in [0.1, 0.15) is 0 Å². The fraction of sp³-hybridized carbons (Fsp3) is 0.267. The molecule has 1 N–H and O–H groups in total. The Labute approximate surface area is 137 Å². The van der Waals surface area contributed by atoms with Crippen LogP contribution < -0.4 is 5.32 Å². The average Bonchev–Trinajstić information content (AvgIpc) is 2.51. The Hall–Kier alpha value is -1.97. The molecule has 1 heterocycles. The molecule has 1 aliphatic heterocycles. The number of nitrogens with one attached hydrogen (secondary N) is 1. The van der Waals surface area contributed by atoms with Crippen molar-refractivity contribution >= 4 is 35.2 Å². The van der Waals surface area contributed by atoms with Crippen molar-refractivity contribution in [3.8, 4) is 6.07 Å². The van der Waals surface area contributed by atoms with E-state index < -0.39 is 5.97 Å². The minimum absolute atomic E-state index is 0.0273. The first-order valence-electron chi connectivity index (χ1n) is 6.44. The van der Waals surface area contributed by atoms with E-state index in [4.69, 9.17) is 11.6 Å². The number of nitriles is 1. The van der Waals surface area contributed by atoms with Gasteiger partial charge in [-0.2, -0.15) is 5.26 Å². The van der Waals surface area contributed by atoms with Gasteiger partial charge in [0.05, 0.1) is 29.5 Å². The first-order valence-corrected chi connectivity index (χ1v) is 7.80. The van der Waals surface area contributed by atoms with Crippen LogP contribution in [0, 0.1) is 11.3 Å². The van der Waals surface area contributed by atoms with Gasteiger partial charge in [-0.3, -0.25) is 9.59 Å². The van der Waals surface area contributed by atoms with Crippen LogP contribution in [0.25, 0.3) is 0 Å². The lowest BCUT2D eigenvalue weighted by Gasteiger charge is -2.25. The maximum absolute atomic E-state index is 11.9. The van der Waals surface area contributed by atoms with Gasteiger partial charge in [-0.15, -0.1) is 0 Å². The summed E-state index contributed by atoms with van der Waals surface area (Å²) in [6.45, 7) is 0. The number of amides is 1. The standard InChI is InChI=1S/C15H13ClN2O3S/c1-21-14(20)8-22-15-12(7-17)11(6-13(19)18-15)9-3-2-4-10(16)5-9/h2-5,11H,6,8H2,1H3,(H,18,19)/t11-/m1/s1. The van der Waals surface area contributed by atoms with Crippen LogP contribution in [0.5, 0.6) is 0 Å². The summed E-state index contributed by atoms with van der Waals surface area (Å²) >= 11 is 7.07. The van der Waals surface area contributed by atoms with Gasteiger partial charge in [0.25, 0.3) is 0 Å². The zero-order chi connectivity index (χ0) is 16.1. The van der Waals surface area contributed by atoms with Gasteiger partial charge in [0.2, 0.25) is 5.91 Å². The van der Waals surface area contributed by atoms with E-state index >= 15 is 0 Å². The van der Waals surface area contributed by atoms with Crippen LogP contribution in [-0.4, -0.2) is 24.7 Å². The fourth-order valence-electron chi connectivity index (χ4n) is 2.13. The molecule has 7 heteroatoms. The van der Waals surface area contributed by atoms with Crippen LogP contribution >= 0.6 is 23.4 Å². The summed E-state index contributed by atoms with van der Waals surface area (Å²) in [7, 11) is 1.29. The van der Waals surface area contributed by atoms with Crippen LogP contribution in [0.2, 0.25) is 5.02 Å². The Morgan fingerprint density at radius 3 is 3.00 bits per heavy atom. The number of methoxy groups -OCH3 is 1. The van der Waals surface area contributed by atoms with E-state index in [1.54, 1.807) is 18.2 Å². The second-order valence-corrected chi connectivity index (χ2v) is 6.00. The summed E-state index contributed by atoms with van der Waals surface area (Å²) in [5, 5.41) is 13.0. The van der Waals surface area contributed by atoms with Crippen LogP contribution in [0.3, 0.4) is 0 Å². The summed E-state index contributed by atoms with van der Waals surface area (Å²) in [5.41, 5.74) is 1.23. The van der Waals surface area contributed by atoms with Crippen LogP contribution in [0.4, 0.5) is 0 Å². The number of hydrogen-bond acceptors (Lipinski definition) is 5. The number of nitrogens with zero attached hydrogens (tertiary/aromatic N) is 1. The number of allylic oxidation sites excluding steroid dienone is 1. The van der Waals surface area contributed by atoms with Crippen LogP contribution in [-0.2, 0) is 14.3 Å². The van der Waals surface area contributed by atoms with E-state index in [9.17, 15) is 14.9 Å². The van der Waals surface area contributed by atoms with Crippen molar-refractivity contribution < 1.29 is 14.3 Å². The number of carbonyl (C=O) groups excluding carboxylic acids is 2. The molecule has 0 aliphatic carbocycles. The highest BCUT2D eigenvalue weighted by atomic mass is 35.5. The highest BCUT2D eigenvalue weighted by molar-refractivity contribution is 8.03. The van der Waals surface area contributed by atoms with Gasteiger partial charge >= 0.3 is 5.97 Å². The second kappa shape index (κ2) is 7.34. The smallest absolute Gasteiger partial charge is 0.316 e. The quantitative estimate of drug-likeness (QED) is 0.855. The van der Waals surface area contributed by atoms with Crippen molar-refractivity contribution in [2.24, 2.45) is 0 Å². The second-order valence-electron chi connectivity index (χ2n) is 4.58. The summed E-state index contributed by atoms with van der Waals surface area (Å²) in [5.74, 6) is -0.956. The number of halogens is 1. The first-order chi connectivity index (χ1) is 10.5. The maximum Gasteiger partial charge on any atom is 0.316 e. The van der Waals surface area contributed by atoms with Gasteiger partial charge in [0.15, 0.2) is 0 Å². The Morgan fingerprint density at radius 1 is 1.59 bits per heavy atom. The molecule has 5 nitrogen and oxygen atoms in total. The molecule has 2 rings (SSSR count). The number of ether oxygens (including phenoxy) is 1. The molecule has 1 amide bonds. The number of rotatable bonds is 4. The summed E-state index contributed by atoms with van der Waals surface area (Å²) in [6, 6.07) is 9.21. The molecule has 0 aromatic heterocycles. The Kier molecular flexibility index (Phi) is 5.47. The van der Waals surface area contributed by atoms with Crippen molar-refractivity contribution in [1.29, 1.82) is 5.26 Å². The Bertz CT molecular complexity index is 682. The van der Waals surface area contributed by atoms with Crippen molar-refractivity contribution in [2.75, 3.05) is 12.9 Å². The predicted molar refractivity (Wildman–Crippen MR) is 84.1 cm³/mol. The van der Waals surface area contributed by atoms with E-state index in [1.165, 1.54) is 7.11 Å². The minimum atomic E-state index is -0.422. The minimum Gasteiger partial charge on any atom is -0.468 e. The third-order valence-electron chi connectivity index (χ3n) is 3.17. The van der Waals surface area contributed by atoms with Gasteiger partial charge in [-0.25, -0.2) is 0 Å². The third-order valence-corrected chi connectivity index (χ3v) is 4.39. The number of benzene rings is 1. The summed E-state index contributed by atoms with van der Waals surface area (Å²) in [6.07, 6.45) is 0.172. The van der Waals surface area contributed by atoms with Gasteiger partial charge < -0.3 is 10.1 Å². The van der Waals surface area contributed by atoms with E-state index in [0.29, 0.717) is 15.6 Å². The summed E-state index contributed by atoms with van der Waals surface area (Å²) < 4.78 is 4.57. The van der Waals surface area contributed by atoms with E-state index in [1.807, 2.05) is 6.07 Å². The molecule has 1 aromatic carbocycles. The third kappa shape index (κ3) is 3.81. The highest BCUT2D eigenvalue weighted by Gasteiger charge is 2.30.